The van der Waals surface area contributed by atoms with Crippen LogP contribution in [-0.4, -0.2) is 5.84 Å². The SMILES string of the molecule is Clc1ccc(C2=Nc3cccc4cccc(c34)N2)cc1Cl. The molecule has 0 aliphatic carbocycles. The Balaban J connectivity index is 1.91. The third kappa shape index (κ3) is 2.08. The lowest BCUT2D eigenvalue weighted by atomic mass is 10.0. The second kappa shape index (κ2) is 4.76. The van der Waals surface area contributed by atoms with E-state index in [0.29, 0.717) is 10.0 Å². The molecule has 3 aromatic carbocycles. The van der Waals surface area contributed by atoms with Gasteiger partial charge in [-0.05, 0) is 35.7 Å². The molecule has 0 bridgehead atoms. The molecule has 4 heteroatoms. The van der Waals surface area contributed by atoms with Crippen LogP contribution in [0, 0.1) is 0 Å². The Morgan fingerprint density at radius 3 is 2.48 bits per heavy atom. The second-order valence-electron chi connectivity index (χ2n) is 4.90. The van der Waals surface area contributed by atoms with Gasteiger partial charge in [0.25, 0.3) is 0 Å². The van der Waals surface area contributed by atoms with Crippen molar-refractivity contribution in [2.75, 3.05) is 5.32 Å². The van der Waals surface area contributed by atoms with Crippen LogP contribution in [-0.2, 0) is 0 Å². The summed E-state index contributed by atoms with van der Waals surface area (Å²) in [4.78, 5) is 4.71. The number of hydrogen-bond donors (Lipinski definition) is 1. The molecule has 0 saturated heterocycles. The number of benzene rings is 3. The Hall–Kier alpha value is -2.03. The van der Waals surface area contributed by atoms with Crippen LogP contribution in [0.25, 0.3) is 10.8 Å². The summed E-state index contributed by atoms with van der Waals surface area (Å²) in [5, 5.41) is 6.76. The monoisotopic (exact) mass is 312 g/mol. The molecule has 21 heavy (non-hydrogen) atoms. The van der Waals surface area contributed by atoms with E-state index in [4.69, 9.17) is 28.2 Å². The van der Waals surface area contributed by atoms with Crippen LogP contribution in [0.5, 0.6) is 0 Å². The van der Waals surface area contributed by atoms with Crippen molar-refractivity contribution >= 4 is 51.2 Å². The molecule has 102 valence electrons. The van der Waals surface area contributed by atoms with Gasteiger partial charge in [-0.1, -0.05) is 47.5 Å². The number of amidine groups is 1. The van der Waals surface area contributed by atoms with Gasteiger partial charge in [0.2, 0.25) is 0 Å². The number of halogens is 2. The molecule has 0 fully saturated rings. The van der Waals surface area contributed by atoms with E-state index in [-0.39, 0.29) is 0 Å². The van der Waals surface area contributed by atoms with Gasteiger partial charge in [-0.15, -0.1) is 0 Å². The maximum Gasteiger partial charge on any atom is 0.138 e. The maximum absolute atomic E-state index is 6.10. The molecule has 0 saturated carbocycles. The molecule has 0 atom stereocenters. The quantitative estimate of drug-likeness (QED) is 0.617. The molecule has 0 spiro atoms. The van der Waals surface area contributed by atoms with E-state index in [9.17, 15) is 0 Å². The summed E-state index contributed by atoms with van der Waals surface area (Å²) in [5.41, 5.74) is 2.93. The fourth-order valence-electron chi connectivity index (χ4n) is 2.57. The Labute approximate surface area is 132 Å². The van der Waals surface area contributed by atoms with E-state index in [1.807, 2.05) is 30.3 Å². The van der Waals surface area contributed by atoms with Gasteiger partial charge in [0.15, 0.2) is 0 Å². The Bertz CT molecular complexity index is 895. The van der Waals surface area contributed by atoms with Gasteiger partial charge in [-0.3, -0.25) is 0 Å². The number of nitrogens with one attached hydrogen (secondary N) is 1. The minimum absolute atomic E-state index is 0.524. The van der Waals surface area contributed by atoms with Crippen molar-refractivity contribution in [3.05, 3.63) is 70.2 Å². The molecule has 1 heterocycles. The van der Waals surface area contributed by atoms with Gasteiger partial charge in [-0.25, -0.2) is 4.99 Å². The van der Waals surface area contributed by atoms with Crippen LogP contribution < -0.4 is 5.32 Å². The Morgan fingerprint density at radius 2 is 1.67 bits per heavy atom. The molecular formula is C17H10Cl2N2. The maximum atomic E-state index is 6.10. The van der Waals surface area contributed by atoms with Crippen molar-refractivity contribution in [3.8, 4) is 0 Å². The van der Waals surface area contributed by atoms with Gasteiger partial charge in [0.1, 0.15) is 5.84 Å². The highest BCUT2D eigenvalue weighted by molar-refractivity contribution is 6.42. The summed E-state index contributed by atoms with van der Waals surface area (Å²) in [7, 11) is 0. The molecule has 0 unspecified atom stereocenters. The third-order valence-electron chi connectivity index (χ3n) is 3.56. The van der Waals surface area contributed by atoms with Crippen LogP contribution in [0.15, 0.2) is 59.6 Å². The van der Waals surface area contributed by atoms with Crippen LogP contribution in [0.3, 0.4) is 0 Å². The molecular weight excluding hydrogens is 303 g/mol. The average molecular weight is 313 g/mol. The summed E-state index contributed by atoms with van der Waals surface area (Å²) in [6.45, 7) is 0. The van der Waals surface area contributed by atoms with Crippen LogP contribution in [0.1, 0.15) is 5.56 Å². The number of rotatable bonds is 1. The second-order valence-corrected chi connectivity index (χ2v) is 5.71. The highest BCUT2D eigenvalue weighted by Crippen LogP contribution is 2.36. The van der Waals surface area contributed by atoms with Crippen LogP contribution in [0.2, 0.25) is 10.0 Å². The predicted octanol–water partition coefficient (Wildman–Crippen LogP) is 5.65. The number of anilines is 1. The van der Waals surface area contributed by atoms with Gasteiger partial charge < -0.3 is 5.32 Å². The molecule has 1 aliphatic heterocycles. The van der Waals surface area contributed by atoms with Crippen LogP contribution >= 0.6 is 23.2 Å². The lowest BCUT2D eigenvalue weighted by Crippen LogP contribution is -2.16. The molecule has 1 N–H and O–H groups in total. The van der Waals surface area contributed by atoms with Crippen LogP contribution in [0.4, 0.5) is 11.4 Å². The zero-order valence-corrected chi connectivity index (χ0v) is 12.4. The van der Waals surface area contributed by atoms with Crippen molar-refractivity contribution in [2.45, 2.75) is 0 Å². The largest absolute Gasteiger partial charge is 0.339 e. The summed E-state index contributed by atoms with van der Waals surface area (Å²) >= 11 is 12.1. The molecule has 0 radical (unpaired) electrons. The van der Waals surface area contributed by atoms with Gasteiger partial charge in [0.05, 0.1) is 15.7 Å². The first-order valence-corrected chi connectivity index (χ1v) is 7.31. The van der Waals surface area contributed by atoms with Gasteiger partial charge in [0, 0.05) is 16.6 Å². The fraction of sp³-hybridized carbons (Fsp3) is 0. The predicted molar refractivity (Wildman–Crippen MR) is 90.2 cm³/mol. The molecule has 0 amide bonds. The topological polar surface area (TPSA) is 24.4 Å². The average Bonchev–Trinajstić information content (AvgIpc) is 2.50. The normalized spacial score (nSPS) is 13.0. The van der Waals surface area contributed by atoms with Crippen molar-refractivity contribution in [3.63, 3.8) is 0 Å². The highest BCUT2D eigenvalue weighted by Gasteiger charge is 2.15. The summed E-state index contributed by atoms with van der Waals surface area (Å²) in [6, 6.07) is 17.8. The standard InChI is InChI=1S/C17H10Cl2N2/c18-12-8-7-11(9-13(12)19)17-20-14-5-1-3-10-4-2-6-15(21-17)16(10)14/h1-9H,(H,20,21). The lowest BCUT2D eigenvalue weighted by Gasteiger charge is -2.19. The van der Waals surface area contributed by atoms with E-state index >= 15 is 0 Å². The van der Waals surface area contributed by atoms with Crippen molar-refractivity contribution in [1.82, 2.24) is 0 Å². The Morgan fingerprint density at radius 1 is 0.857 bits per heavy atom. The van der Waals surface area contributed by atoms with E-state index in [1.165, 1.54) is 5.39 Å². The minimum Gasteiger partial charge on any atom is -0.339 e. The van der Waals surface area contributed by atoms with E-state index in [0.717, 1.165) is 28.2 Å². The van der Waals surface area contributed by atoms with Gasteiger partial charge >= 0.3 is 0 Å². The number of nitrogens with zero attached hydrogens (tertiary/aromatic N) is 1. The number of hydrogen-bond acceptors (Lipinski definition) is 2. The number of aliphatic imine (C=N–C) groups is 1. The summed E-state index contributed by atoms with van der Waals surface area (Å²) in [6.07, 6.45) is 0. The van der Waals surface area contributed by atoms with Crippen molar-refractivity contribution in [1.29, 1.82) is 0 Å². The zero-order valence-electron chi connectivity index (χ0n) is 10.9. The third-order valence-corrected chi connectivity index (χ3v) is 4.30. The van der Waals surface area contributed by atoms with E-state index < -0.39 is 0 Å². The van der Waals surface area contributed by atoms with Gasteiger partial charge in [-0.2, -0.15) is 0 Å². The smallest absolute Gasteiger partial charge is 0.138 e. The highest BCUT2D eigenvalue weighted by atomic mass is 35.5. The minimum atomic E-state index is 0.524. The lowest BCUT2D eigenvalue weighted by molar-refractivity contribution is 1.46. The molecule has 0 aromatic heterocycles. The fourth-order valence-corrected chi connectivity index (χ4v) is 2.87. The molecule has 4 rings (SSSR count). The van der Waals surface area contributed by atoms with Crippen molar-refractivity contribution < 1.29 is 0 Å². The molecule has 1 aliphatic rings. The van der Waals surface area contributed by atoms with E-state index in [1.54, 1.807) is 6.07 Å². The summed E-state index contributed by atoms with van der Waals surface area (Å²) in [5.74, 6) is 0.778. The first-order valence-electron chi connectivity index (χ1n) is 6.55. The van der Waals surface area contributed by atoms with E-state index in [2.05, 4.69) is 23.5 Å². The Kier molecular flexibility index (Phi) is 2.88. The summed E-state index contributed by atoms with van der Waals surface area (Å²) < 4.78 is 0. The van der Waals surface area contributed by atoms with Crippen molar-refractivity contribution in [2.24, 2.45) is 4.99 Å². The first kappa shape index (κ1) is 12.7. The zero-order chi connectivity index (χ0) is 14.4. The molecule has 2 nitrogen and oxygen atoms in total. The molecule has 3 aromatic rings. The first-order chi connectivity index (χ1) is 10.2.